The van der Waals surface area contributed by atoms with Crippen molar-refractivity contribution in [3.63, 3.8) is 0 Å². The number of nitrogens with zero attached hydrogens (tertiary/aromatic N) is 1. The first-order valence-corrected chi connectivity index (χ1v) is 13.3. The number of carboxylic acids is 2. The Kier molecular flexibility index (Phi) is 13.8. The maximum absolute atomic E-state index is 12.9. The molecule has 0 bridgehead atoms. The van der Waals surface area contributed by atoms with Crippen molar-refractivity contribution in [2.45, 2.75) is 44.5 Å². The van der Waals surface area contributed by atoms with Gasteiger partial charge in [-0.15, -0.1) is 0 Å². The van der Waals surface area contributed by atoms with E-state index < -0.39 is 17.7 Å². The number of nitrogens with one attached hydrogen (secondary N) is 1. The zero-order valence-corrected chi connectivity index (χ0v) is 23.4. The highest BCUT2D eigenvalue weighted by atomic mass is 35.5. The zero-order valence-electron chi connectivity index (χ0n) is 22.6. The van der Waals surface area contributed by atoms with Gasteiger partial charge in [-0.3, -0.25) is 4.79 Å². The largest absolute Gasteiger partial charge is 0.490 e. The second-order valence-electron chi connectivity index (χ2n) is 9.05. The fraction of sp³-hybridized carbons (Fsp3) is 0.464. The maximum atomic E-state index is 12.9. The van der Waals surface area contributed by atoms with Gasteiger partial charge in [0.1, 0.15) is 17.7 Å². The van der Waals surface area contributed by atoms with Crippen molar-refractivity contribution in [1.82, 2.24) is 10.2 Å². The molecule has 1 amide bonds. The molecule has 220 valence electrons. The highest BCUT2D eigenvalue weighted by Crippen LogP contribution is 2.35. The Bertz CT molecular complexity index is 1080. The Balaban J connectivity index is 0.000000234. The van der Waals surface area contributed by atoms with Gasteiger partial charge in [0.05, 0.1) is 13.2 Å². The van der Waals surface area contributed by atoms with Gasteiger partial charge in [-0.2, -0.15) is 0 Å². The molecule has 4 rings (SSSR count). The third-order valence-corrected chi connectivity index (χ3v) is 6.37. The van der Waals surface area contributed by atoms with E-state index in [-0.39, 0.29) is 17.8 Å². The van der Waals surface area contributed by atoms with Gasteiger partial charge < -0.3 is 34.6 Å². The normalized spacial score (nSPS) is 16.1. The molecule has 12 heteroatoms. The van der Waals surface area contributed by atoms with Gasteiger partial charge in [-0.1, -0.05) is 29.8 Å². The van der Waals surface area contributed by atoms with Crippen molar-refractivity contribution < 1.29 is 43.2 Å². The van der Waals surface area contributed by atoms with Crippen LogP contribution in [0, 0.1) is 5.82 Å². The monoisotopic (exact) mass is 582 g/mol. The predicted molar refractivity (Wildman–Crippen MR) is 146 cm³/mol. The lowest BCUT2D eigenvalue weighted by molar-refractivity contribution is -0.171. The number of carbonyl (C=O) groups is 3. The molecule has 2 heterocycles. The van der Waals surface area contributed by atoms with Crippen molar-refractivity contribution in [1.29, 1.82) is 0 Å². The minimum absolute atomic E-state index is 0.145. The van der Waals surface area contributed by atoms with Crippen LogP contribution in [0.25, 0.3) is 0 Å². The zero-order chi connectivity index (χ0) is 29.5. The van der Waals surface area contributed by atoms with Crippen LogP contribution >= 0.6 is 11.6 Å². The van der Waals surface area contributed by atoms with Crippen molar-refractivity contribution in [3.8, 4) is 5.75 Å². The maximum Gasteiger partial charge on any atom is 0.414 e. The summed E-state index contributed by atoms with van der Waals surface area (Å²) in [6.07, 6.45) is 3.68. The number of carboxylic acid groups (broad SMARTS) is 2. The SMILES string of the molecule is CC(=O)N1CCC(Oc2cccc(Cl)c2)CC1.CNCCCC1(c2ccc(F)cc2)OCCO1.O=C(O)C(=O)O. The quantitative estimate of drug-likeness (QED) is 0.328. The number of hydrogen-bond acceptors (Lipinski definition) is 7. The summed E-state index contributed by atoms with van der Waals surface area (Å²) in [6, 6.07) is 13.8. The molecule has 0 unspecified atom stereocenters. The first kappa shape index (κ1) is 33.0. The number of ether oxygens (including phenoxy) is 3. The summed E-state index contributed by atoms with van der Waals surface area (Å²) < 4.78 is 30.2. The molecule has 0 radical (unpaired) electrons. The molecule has 0 aliphatic carbocycles. The Morgan fingerprint density at radius 1 is 1.07 bits per heavy atom. The van der Waals surface area contributed by atoms with Crippen LogP contribution in [0.3, 0.4) is 0 Å². The topological polar surface area (TPSA) is 135 Å². The number of likely N-dealkylation sites (tertiary alicyclic amines) is 1. The van der Waals surface area contributed by atoms with Crippen LogP contribution in [0.15, 0.2) is 48.5 Å². The van der Waals surface area contributed by atoms with Crippen LogP contribution in [0.5, 0.6) is 5.75 Å². The summed E-state index contributed by atoms with van der Waals surface area (Å²) in [5, 5.41) is 18.6. The third-order valence-electron chi connectivity index (χ3n) is 6.14. The van der Waals surface area contributed by atoms with Gasteiger partial charge >= 0.3 is 11.9 Å². The summed E-state index contributed by atoms with van der Waals surface area (Å²) in [5.41, 5.74) is 0.896. The second-order valence-corrected chi connectivity index (χ2v) is 9.49. The van der Waals surface area contributed by atoms with Crippen LogP contribution in [0.1, 0.15) is 38.2 Å². The van der Waals surface area contributed by atoms with Crippen molar-refractivity contribution in [3.05, 3.63) is 64.9 Å². The van der Waals surface area contributed by atoms with E-state index in [9.17, 15) is 9.18 Å². The molecule has 0 atom stereocenters. The predicted octanol–water partition coefficient (Wildman–Crippen LogP) is 3.91. The molecule has 0 spiro atoms. The summed E-state index contributed by atoms with van der Waals surface area (Å²) in [4.78, 5) is 31.2. The van der Waals surface area contributed by atoms with Gasteiger partial charge in [0.15, 0.2) is 5.79 Å². The van der Waals surface area contributed by atoms with E-state index in [1.54, 1.807) is 19.1 Å². The van der Waals surface area contributed by atoms with Crippen molar-refractivity contribution in [2.24, 2.45) is 0 Å². The number of carbonyl (C=O) groups excluding carboxylic acids is 1. The number of benzene rings is 2. The van der Waals surface area contributed by atoms with Crippen molar-refractivity contribution in [2.75, 3.05) is 39.9 Å². The smallest absolute Gasteiger partial charge is 0.414 e. The van der Waals surface area contributed by atoms with Gasteiger partial charge in [-0.05, 0) is 50.3 Å². The number of aliphatic carboxylic acids is 2. The van der Waals surface area contributed by atoms with Gasteiger partial charge in [0.25, 0.3) is 0 Å². The highest BCUT2D eigenvalue weighted by molar-refractivity contribution is 6.30. The van der Waals surface area contributed by atoms with E-state index in [0.717, 1.165) is 56.6 Å². The van der Waals surface area contributed by atoms with E-state index in [0.29, 0.717) is 18.2 Å². The molecule has 0 aromatic heterocycles. The van der Waals surface area contributed by atoms with Crippen LogP contribution in [-0.4, -0.2) is 79.0 Å². The summed E-state index contributed by atoms with van der Waals surface area (Å²) in [6.45, 7) is 5.27. The van der Waals surface area contributed by atoms with Gasteiger partial charge in [0, 0.05) is 49.9 Å². The third kappa shape index (κ3) is 11.1. The van der Waals surface area contributed by atoms with Crippen LogP contribution < -0.4 is 10.1 Å². The number of halogens is 2. The average molecular weight is 583 g/mol. The fourth-order valence-corrected chi connectivity index (χ4v) is 4.31. The Labute approximate surface area is 238 Å². The van der Waals surface area contributed by atoms with E-state index >= 15 is 0 Å². The molecule has 3 N–H and O–H groups in total. The summed E-state index contributed by atoms with van der Waals surface area (Å²) in [5.74, 6) is -3.61. The number of amides is 1. The van der Waals surface area contributed by atoms with E-state index in [1.165, 1.54) is 12.1 Å². The molecule has 0 saturated carbocycles. The first-order valence-electron chi connectivity index (χ1n) is 12.9. The lowest BCUT2D eigenvalue weighted by Crippen LogP contribution is -2.40. The minimum Gasteiger partial charge on any atom is -0.490 e. The summed E-state index contributed by atoms with van der Waals surface area (Å²) >= 11 is 5.89. The lowest BCUT2D eigenvalue weighted by atomic mass is 10.0. The molecule has 2 saturated heterocycles. The lowest BCUT2D eigenvalue weighted by Gasteiger charge is -2.31. The molecule has 2 aliphatic heterocycles. The fourth-order valence-electron chi connectivity index (χ4n) is 4.13. The van der Waals surface area contributed by atoms with Crippen molar-refractivity contribution >= 4 is 29.4 Å². The van der Waals surface area contributed by atoms with Crippen LogP contribution in [0.4, 0.5) is 4.39 Å². The molecular formula is C28H36ClFN2O8. The molecule has 2 fully saturated rings. The highest BCUT2D eigenvalue weighted by Gasteiger charge is 2.37. The molecule has 2 aliphatic rings. The molecular weight excluding hydrogens is 547 g/mol. The van der Waals surface area contributed by atoms with E-state index in [2.05, 4.69) is 5.32 Å². The number of piperidine rings is 1. The molecule has 10 nitrogen and oxygen atoms in total. The average Bonchev–Trinajstić information content (AvgIpc) is 3.40. The minimum atomic E-state index is -1.82. The van der Waals surface area contributed by atoms with Crippen LogP contribution in [-0.2, 0) is 29.6 Å². The van der Waals surface area contributed by atoms with Crippen LogP contribution in [0.2, 0.25) is 5.02 Å². The van der Waals surface area contributed by atoms with E-state index in [4.69, 9.17) is 45.6 Å². The number of hydrogen-bond donors (Lipinski definition) is 3. The Hall–Kier alpha value is -3.25. The Morgan fingerprint density at radius 2 is 1.68 bits per heavy atom. The van der Waals surface area contributed by atoms with Gasteiger partial charge in [-0.25, -0.2) is 14.0 Å². The molecule has 40 heavy (non-hydrogen) atoms. The summed E-state index contributed by atoms with van der Waals surface area (Å²) in [7, 11) is 1.92. The van der Waals surface area contributed by atoms with Gasteiger partial charge in [0.2, 0.25) is 5.91 Å². The molecule has 2 aromatic carbocycles. The molecule has 2 aromatic rings. The second kappa shape index (κ2) is 16.8. The first-order chi connectivity index (χ1) is 19.1. The standard InChI is InChI=1S/C13H16ClNO2.C13H18FNO2.C2H2O4/c1-10(16)15-7-5-12(6-8-15)17-13-4-2-3-11(14)9-13;1-15-8-2-7-13(16-9-10-17-13)11-3-5-12(14)6-4-11;3-1(4)2(5)6/h2-4,9,12H,5-8H2,1H3;3-6,15H,2,7-10H2,1H3;(H,3,4)(H,5,6). The van der Waals surface area contributed by atoms with E-state index in [1.807, 2.05) is 36.2 Å². The Morgan fingerprint density at radius 3 is 2.17 bits per heavy atom. The number of rotatable bonds is 7.